The smallest absolute Gasteiger partial charge is 0.255 e. The molecule has 2 N–H and O–H groups in total. The monoisotopic (exact) mass is 399 g/mol. The van der Waals surface area contributed by atoms with Crippen LogP contribution in [-0.4, -0.2) is 24.9 Å². The van der Waals surface area contributed by atoms with Crippen molar-refractivity contribution >= 4 is 28.9 Å². The van der Waals surface area contributed by atoms with Gasteiger partial charge in [-0.15, -0.1) is 0 Å². The number of hydrogen-bond donors (Lipinski definition) is 2. The highest BCUT2D eigenvalue weighted by Crippen LogP contribution is 2.25. The van der Waals surface area contributed by atoms with Gasteiger partial charge in [0.15, 0.2) is 0 Å². The second kappa shape index (κ2) is 8.82. The van der Waals surface area contributed by atoms with Crippen molar-refractivity contribution in [2.75, 3.05) is 28.6 Å². The predicted molar refractivity (Wildman–Crippen MR) is 121 cm³/mol. The summed E-state index contributed by atoms with van der Waals surface area (Å²) in [7, 11) is 0. The first-order valence-electron chi connectivity index (χ1n) is 10.2. The Morgan fingerprint density at radius 2 is 1.30 bits per heavy atom. The lowest BCUT2D eigenvalue weighted by atomic mass is 10.1. The van der Waals surface area contributed by atoms with Crippen molar-refractivity contribution in [2.24, 2.45) is 5.92 Å². The quantitative estimate of drug-likeness (QED) is 0.632. The summed E-state index contributed by atoms with van der Waals surface area (Å²) in [6.45, 7) is 4.44. The molecular formula is C25H25N3O2. The fourth-order valence-electron chi connectivity index (χ4n) is 3.63. The van der Waals surface area contributed by atoms with Gasteiger partial charge in [0.1, 0.15) is 0 Å². The Labute approximate surface area is 176 Å². The van der Waals surface area contributed by atoms with Crippen molar-refractivity contribution in [1.82, 2.24) is 0 Å². The zero-order valence-electron chi connectivity index (χ0n) is 17.0. The van der Waals surface area contributed by atoms with E-state index in [2.05, 4.69) is 34.6 Å². The molecule has 0 radical (unpaired) electrons. The van der Waals surface area contributed by atoms with E-state index >= 15 is 0 Å². The summed E-state index contributed by atoms with van der Waals surface area (Å²) in [5, 5.41) is 5.76. The van der Waals surface area contributed by atoms with Crippen LogP contribution in [0.25, 0.3) is 0 Å². The summed E-state index contributed by atoms with van der Waals surface area (Å²) in [6, 6.07) is 23.9. The van der Waals surface area contributed by atoms with Crippen LogP contribution < -0.4 is 15.5 Å². The van der Waals surface area contributed by atoms with Gasteiger partial charge in [-0.2, -0.15) is 0 Å². The van der Waals surface area contributed by atoms with Gasteiger partial charge in [-0.1, -0.05) is 25.1 Å². The number of amides is 2. The van der Waals surface area contributed by atoms with E-state index in [-0.39, 0.29) is 11.8 Å². The zero-order chi connectivity index (χ0) is 20.9. The van der Waals surface area contributed by atoms with Crippen molar-refractivity contribution in [3.63, 3.8) is 0 Å². The number of nitrogens with one attached hydrogen (secondary N) is 2. The van der Waals surface area contributed by atoms with Gasteiger partial charge in [0, 0.05) is 41.3 Å². The van der Waals surface area contributed by atoms with Crippen LogP contribution in [0.4, 0.5) is 17.1 Å². The first kappa shape index (κ1) is 19.7. The molecule has 1 aliphatic heterocycles. The molecule has 0 aliphatic carbocycles. The summed E-state index contributed by atoms with van der Waals surface area (Å²) in [5.41, 5.74) is 3.72. The number of nitrogens with zero attached hydrogens (tertiary/aromatic N) is 1. The number of benzene rings is 3. The molecule has 0 bridgehead atoms. The molecule has 3 aromatic rings. The minimum Gasteiger partial charge on any atom is -0.371 e. The van der Waals surface area contributed by atoms with Gasteiger partial charge in [-0.3, -0.25) is 9.59 Å². The molecule has 1 saturated heterocycles. The molecule has 1 unspecified atom stereocenters. The van der Waals surface area contributed by atoms with Crippen LogP contribution in [0.1, 0.15) is 34.1 Å². The molecule has 5 nitrogen and oxygen atoms in total. The van der Waals surface area contributed by atoms with Crippen LogP contribution in [0, 0.1) is 5.92 Å². The predicted octanol–water partition coefficient (Wildman–Crippen LogP) is 5.04. The van der Waals surface area contributed by atoms with Crippen LogP contribution >= 0.6 is 0 Å². The van der Waals surface area contributed by atoms with Gasteiger partial charge >= 0.3 is 0 Å². The lowest BCUT2D eigenvalue weighted by Gasteiger charge is -2.18. The third kappa shape index (κ3) is 4.69. The topological polar surface area (TPSA) is 61.4 Å². The maximum atomic E-state index is 12.5. The number of hydrogen-bond acceptors (Lipinski definition) is 3. The fourth-order valence-corrected chi connectivity index (χ4v) is 3.63. The maximum Gasteiger partial charge on any atom is 0.255 e. The average molecular weight is 399 g/mol. The van der Waals surface area contributed by atoms with E-state index in [9.17, 15) is 9.59 Å². The Balaban J connectivity index is 1.35. The molecule has 1 heterocycles. The second-order valence-electron chi connectivity index (χ2n) is 7.74. The molecule has 30 heavy (non-hydrogen) atoms. The Morgan fingerprint density at radius 3 is 1.83 bits per heavy atom. The normalized spacial score (nSPS) is 15.6. The van der Waals surface area contributed by atoms with E-state index in [1.165, 1.54) is 12.1 Å². The Bertz CT molecular complexity index is 1010. The van der Waals surface area contributed by atoms with Gasteiger partial charge in [-0.05, 0) is 73.0 Å². The largest absolute Gasteiger partial charge is 0.371 e. The lowest BCUT2D eigenvalue weighted by molar-refractivity contribution is 0.102. The summed E-state index contributed by atoms with van der Waals surface area (Å²) in [6.07, 6.45) is 1.22. The van der Waals surface area contributed by atoms with Gasteiger partial charge in [0.05, 0.1) is 0 Å². The molecule has 3 aromatic carbocycles. The molecule has 1 fully saturated rings. The molecule has 1 aliphatic rings. The number of carbonyl (C=O) groups is 2. The van der Waals surface area contributed by atoms with Gasteiger partial charge in [0.2, 0.25) is 0 Å². The van der Waals surface area contributed by atoms with E-state index < -0.39 is 0 Å². The molecular weight excluding hydrogens is 374 g/mol. The van der Waals surface area contributed by atoms with Crippen molar-refractivity contribution in [1.29, 1.82) is 0 Å². The van der Waals surface area contributed by atoms with Crippen LogP contribution in [0.2, 0.25) is 0 Å². The molecule has 2 amide bonds. The highest BCUT2D eigenvalue weighted by Gasteiger charge is 2.18. The molecule has 0 aromatic heterocycles. The number of carbonyl (C=O) groups excluding carboxylic acids is 2. The fraction of sp³-hybridized carbons (Fsp3) is 0.200. The molecule has 152 valence electrons. The van der Waals surface area contributed by atoms with E-state index in [0.29, 0.717) is 16.8 Å². The van der Waals surface area contributed by atoms with Crippen LogP contribution in [0.5, 0.6) is 0 Å². The maximum absolute atomic E-state index is 12.5. The van der Waals surface area contributed by atoms with E-state index in [0.717, 1.165) is 24.7 Å². The lowest BCUT2D eigenvalue weighted by Crippen LogP contribution is -2.19. The van der Waals surface area contributed by atoms with E-state index in [4.69, 9.17) is 0 Å². The minimum absolute atomic E-state index is 0.180. The zero-order valence-corrected chi connectivity index (χ0v) is 17.0. The first-order valence-corrected chi connectivity index (χ1v) is 10.2. The van der Waals surface area contributed by atoms with E-state index in [1.54, 1.807) is 36.4 Å². The summed E-state index contributed by atoms with van der Waals surface area (Å²) >= 11 is 0. The molecule has 0 saturated carbocycles. The number of rotatable bonds is 5. The summed E-state index contributed by atoms with van der Waals surface area (Å²) in [4.78, 5) is 27.1. The van der Waals surface area contributed by atoms with Crippen molar-refractivity contribution < 1.29 is 9.59 Å². The van der Waals surface area contributed by atoms with Crippen LogP contribution in [-0.2, 0) is 0 Å². The molecule has 1 atom stereocenters. The minimum atomic E-state index is -0.182. The first-order chi connectivity index (χ1) is 14.6. The SMILES string of the molecule is CC1CCN(c2ccc(NC(=O)c3ccc(NC(=O)c4ccccc4)cc3)cc2)C1. The Morgan fingerprint density at radius 1 is 0.767 bits per heavy atom. The van der Waals surface area contributed by atoms with Crippen molar-refractivity contribution in [2.45, 2.75) is 13.3 Å². The third-order valence-corrected chi connectivity index (χ3v) is 5.36. The van der Waals surface area contributed by atoms with Gasteiger partial charge in [0.25, 0.3) is 11.8 Å². The van der Waals surface area contributed by atoms with Gasteiger partial charge in [-0.25, -0.2) is 0 Å². The molecule has 0 spiro atoms. The highest BCUT2D eigenvalue weighted by atomic mass is 16.2. The van der Waals surface area contributed by atoms with Crippen LogP contribution in [0.15, 0.2) is 78.9 Å². The highest BCUT2D eigenvalue weighted by molar-refractivity contribution is 6.06. The Hall–Kier alpha value is -3.60. The summed E-state index contributed by atoms with van der Waals surface area (Å²) in [5.74, 6) is 0.364. The third-order valence-electron chi connectivity index (χ3n) is 5.36. The summed E-state index contributed by atoms with van der Waals surface area (Å²) < 4.78 is 0. The van der Waals surface area contributed by atoms with Gasteiger partial charge < -0.3 is 15.5 Å². The standard InChI is InChI=1S/C25H25N3O2/c1-18-15-16-28(17-18)23-13-11-22(12-14-23)27-25(30)20-7-9-21(10-8-20)26-24(29)19-5-3-2-4-6-19/h2-14,18H,15-17H2,1H3,(H,26,29)(H,27,30). The average Bonchev–Trinajstić information content (AvgIpc) is 3.21. The van der Waals surface area contributed by atoms with E-state index in [1.807, 2.05) is 30.3 Å². The Kier molecular flexibility index (Phi) is 5.80. The van der Waals surface area contributed by atoms with Crippen LogP contribution in [0.3, 0.4) is 0 Å². The second-order valence-corrected chi connectivity index (χ2v) is 7.74. The van der Waals surface area contributed by atoms with Crippen molar-refractivity contribution in [3.8, 4) is 0 Å². The number of anilines is 3. The molecule has 4 rings (SSSR count). The van der Waals surface area contributed by atoms with Crippen molar-refractivity contribution in [3.05, 3.63) is 90.0 Å². The molecule has 5 heteroatoms.